The number of aliphatic imine (C=N–C) groups is 1. The number of rotatable bonds is 3. The number of para-hydroxylation sites is 1. The first-order valence-corrected chi connectivity index (χ1v) is 10.2. The summed E-state index contributed by atoms with van der Waals surface area (Å²) in [7, 11) is 0. The van der Waals surface area contributed by atoms with E-state index in [0.29, 0.717) is 22.5 Å². The van der Waals surface area contributed by atoms with Crippen molar-refractivity contribution in [2.75, 3.05) is 4.90 Å². The van der Waals surface area contributed by atoms with Gasteiger partial charge in [-0.25, -0.2) is 4.39 Å². The topological polar surface area (TPSA) is 71.6 Å². The number of pyridine rings is 1. The van der Waals surface area contributed by atoms with Gasteiger partial charge in [-0.15, -0.1) is 0 Å². The molecule has 3 aromatic rings. The van der Waals surface area contributed by atoms with Gasteiger partial charge in [-0.05, 0) is 41.3 Å². The quantitative estimate of drug-likeness (QED) is 0.696. The molecule has 0 saturated carbocycles. The molecule has 0 saturated heterocycles. The lowest BCUT2D eigenvalue weighted by Crippen LogP contribution is -2.42. The zero-order valence-corrected chi connectivity index (χ0v) is 17.8. The number of halogens is 1. The van der Waals surface area contributed by atoms with E-state index in [4.69, 9.17) is 5.73 Å². The van der Waals surface area contributed by atoms with Gasteiger partial charge in [0, 0.05) is 17.3 Å². The van der Waals surface area contributed by atoms with Gasteiger partial charge >= 0.3 is 0 Å². The van der Waals surface area contributed by atoms with Crippen molar-refractivity contribution >= 4 is 17.3 Å². The summed E-state index contributed by atoms with van der Waals surface area (Å²) in [5.41, 5.74) is 9.95. The summed E-state index contributed by atoms with van der Waals surface area (Å²) in [6.45, 7) is 6.63. The van der Waals surface area contributed by atoms with Gasteiger partial charge in [-0.3, -0.25) is 14.8 Å². The molecule has 1 aliphatic heterocycles. The van der Waals surface area contributed by atoms with Gasteiger partial charge in [0.05, 0.1) is 23.6 Å². The smallest absolute Gasteiger partial charge is 0.266 e. The van der Waals surface area contributed by atoms with Crippen LogP contribution in [0.15, 0.2) is 71.9 Å². The van der Waals surface area contributed by atoms with E-state index in [2.05, 4.69) is 30.7 Å². The maximum Gasteiger partial charge on any atom is 0.266 e. The SMILES string of the molecule is CC(C)(C)c1ccnc(CN2C(=O)C(N)N=C(c3ccccc3F)c3ccccc32)c1. The Morgan fingerprint density at radius 2 is 1.71 bits per heavy atom. The first-order chi connectivity index (χ1) is 14.8. The number of carbonyl (C=O) groups excluding carboxylic acids is 1. The number of benzodiazepines with no additional fused rings is 1. The van der Waals surface area contributed by atoms with Crippen LogP contribution in [0.1, 0.15) is 43.2 Å². The van der Waals surface area contributed by atoms with Crippen molar-refractivity contribution < 1.29 is 9.18 Å². The number of fused-ring (bicyclic) bond motifs is 1. The molecule has 1 aliphatic rings. The second kappa shape index (κ2) is 8.04. The minimum Gasteiger partial charge on any atom is -0.303 e. The van der Waals surface area contributed by atoms with E-state index in [1.165, 1.54) is 6.07 Å². The fraction of sp³-hybridized carbons (Fsp3) is 0.240. The molecule has 1 amide bonds. The third-order valence-corrected chi connectivity index (χ3v) is 5.37. The molecule has 31 heavy (non-hydrogen) atoms. The van der Waals surface area contributed by atoms with Crippen molar-refractivity contribution in [1.29, 1.82) is 0 Å². The molecule has 4 rings (SSSR count). The summed E-state index contributed by atoms with van der Waals surface area (Å²) < 4.78 is 14.6. The average molecular weight is 417 g/mol. The molecular formula is C25H25FN4O. The molecule has 1 aromatic heterocycles. The molecule has 5 nitrogen and oxygen atoms in total. The van der Waals surface area contributed by atoms with Crippen molar-refractivity contribution in [3.05, 3.63) is 95.1 Å². The van der Waals surface area contributed by atoms with E-state index in [9.17, 15) is 9.18 Å². The Bertz CT molecular complexity index is 1170. The van der Waals surface area contributed by atoms with Crippen molar-refractivity contribution in [2.24, 2.45) is 10.7 Å². The maximum atomic E-state index is 14.6. The molecule has 0 spiro atoms. The van der Waals surface area contributed by atoms with E-state index in [-0.39, 0.29) is 17.9 Å². The molecule has 0 fully saturated rings. The van der Waals surface area contributed by atoms with Crippen LogP contribution in [0.3, 0.4) is 0 Å². The summed E-state index contributed by atoms with van der Waals surface area (Å²) in [6, 6.07) is 17.7. The predicted molar refractivity (Wildman–Crippen MR) is 121 cm³/mol. The lowest BCUT2D eigenvalue weighted by atomic mass is 9.87. The molecule has 6 heteroatoms. The van der Waals surface area contributed by atoms with Crippen LogP contribution in [0.2, 0.25) is 0 Å². The van der Waals surface area contributed by atoms with Crippen LogP contribution < -0.4 is 10.6 Å². The summed E-state index contributed by atoms with van der Waals surface area (Å²) >= 11 is 0. The maximum absolute atomic E-state index is 14.6. The van der Waals surface area contributed by atoms with Gasteiger partial charge in [-0.2, -0.15) is 0 Å². The molecule has 2 aromatic carbocycles. The zero-order chi connectivity index (χ0) is 22.2. The predicted octanol–water partition coefficient (Wildman–Crippen LogP) is 4.19. The lowest BCUT2D eigenvalue weighted by molar-refractivity contribution is -0.119. The Balaban J connectivity index is 1.81. The molecule has 158 valence electrons. The summed E-state index contributed by atoms with van der Waals surface area (Å²) in [4.78, 5) is 23.7. The van der Waals surface area contributed by atoms with Crippen molar-refractivity contribution in [3.63, 3.8) is 0 Å². The van der Waals surface area contributed by atoms with Crippen LogP contribution >= 0.6 is 0 Å². The van der Waals surface area contributed by atoms with Crippen LogP contribution in [0.4, 0.5) is 10.1 Å². The highest BCUT2D eigenvalue weighted by atomic mass is 19.1. The molecule has 2 heterocycles. The summed E-state index contributed by atoms with van der Waals surface area (Å²) in [6.07, 6.45) is 0.610. The normalized spacial score (nSPS) is 16.5. The van der Waals surface area contributed by atoms with E-state index < -0.39 is 12.0 Å². The fourth-order valence-corrected chi connectivity index (χ4v) is 3.68. The highest BCUT2D eigenvalue weighted by Crippen LogP contribution is 2.30. The standard InChI is InChI=1S/C25H25FN4O/c1-25(2,3)16-12-13-28-17(14-16)15-30-21-11-7-5-9-19(21)22(29-23(27)24(30)31)18-8-4-6-10-20(18)26/h4-14,23H,15,27H2,1-3H3. The van der Waals surface area contributed by atoms with Crippen LogP contribution in [0.5, 0.6) is 0 Å². The third kappa shape index (κ3) is 4.11. The van der Waals surface area contributed by atoms with Gasteiger partial charge in [-0.1, -0.05) is 51.1 Å². The third-order valence-electron chi connectivity index (χ3n) is 5.37. The molecule has 0 aliphatic carbocycles. The van der Waals surface area contributed by atoms with Gasteiger partial charge in [0.2, 0.25) is 0 Å². The molecule has 0 radical (unpaired) electrons. The van der Waals surface area contributed by atoms with Gasteiger partial charge < -0.3 is 10.6 Å². The van der Waals surface area contributed by atoms with Crippen LogP contribution in [-0.2, 0) is 16.8 Å². The Morgan fingerprint density at radius 1 is 1.03 bits per heavy atom. The fourth-order valence-electron chi connectivity index (χ4n) is 3.68. The number of benzene rings is 2. The number of hydrogen-bond donors (Lipinski definition) is 1. The second-order valence-electron chi connectivity index (χ2n) is 8.63. The molecular weight excluding hydrogens is 391 g/mol. The second-order valence-corrected chi connectivity index (χ2v) is 8.63. The number of aromatic nitrogens is 1. The molecule has 1 atom stereocenters. The Labute approximate surface area is 181 Å². The highest BCUT2D eigenvalue weighted by Gasteiger charge is 2.31. The number of nitrogens with two attached hydrogens (primary N) is 1. The van der Waals surface area contributed by atoms with Gasteiger partial charge in [0.25, 0.3) is 5.91 Å². The lowest BCUT2D eigenvalue weighted by Gasteiger charge is -2.25. The number of carbonyl (C=O) groups is 1. The minimum atomic E-state index is -1.15. The Morgan fingerprint density at radius 3 is 2.42 bits per heavy atom. The van der Waals surface area contributed by atoms with E-state index in [0.717, 1.165) is 11.3 Å². The Kier molecular flexibility index (Phi) is 5.41. The largest absolute Gasteiger partial charge is 0.303 e. The average Bonchev–Trinajstić information content (AvgIpc) is 2.84. The molecule has 2 N–H and O–H groups in total. The Hall–Kier alpha value is -3.38. The van der Waals surface area contributed by atoms with Crippen LogP contribution in [0.25, 0.3) is 0 Å². The van der Waals surface area contributed by atoms with Crippen LogP contribution in [0, 0.1) is 5.82 Å². The molecule has 1 unspecified atom stereocenters. The van der Waals surface area contributed by atoms with Gasteiger partial charge in [0.1, 0.15) is 5.82 Å². The number of amides is 1. The first kappa shape index (κ1) is 20.9. The number of anilines is 1. The summed E-state index contributed by atoms with van der Waals surface area (Å²) in [5.74, 6) is -0.773. The number of nitrogens with zero attached hydrogens (tertiary/aromatic N) is 3. The zero-order valence-electron chi connectivity index (χ0n) is 17.8. The number of hydrogen-bond acceptors (Lipinski definition) is 4. The minimum absolute atomic E-state index is 0.0457. The monoisotopic (exact) mass is 416 g/mol. The molecule has 0 bridgehead atoms. The van der Waals surface area contributed by atoms with E-state index >= 15 is 0 Å². The van der Waals surface area contributed by atoms with Crippen molar-refractivity contribution in [1.82, 2.24) is 4.98 Å². The van der Waals surface area contributed by atoms with Crippen molar-refractivity contribution in [3.8, 4) is 0 Å². The van der Waals surface area contributed by atoms with Crippen molar-refractivity contribution in [2.45, 2.75) is 38.9 Å². The van der Waals surface area contributed by atoms with E-state index in [1.54, 1.807) is 29.3 Å². The van der Waals surface area contributed by atoms with Crippen LogP contribution in [-0.4, -0.2) is 22.8 Å². The highest BCUT2D eigenvalue weighted by molar-refractivity contribution is 6.20. The first-order valence-electron chi connectivity index (χ1n) is 10.2. The van der Waals surface area contributed by atoms with E-state index in [1.807, 2.05) is 36.4 Å². The summed E-state index contributed by atoms with van der Waals surface area (Å²) in [5, 5.41) is 0. The van der Waals surface area contributed by atoms with Gasteiger partial charge in [0.15, 0.2) is 6.17 Å².